The molecule has 4 heteroatoms. The lowest BCUT2D eigenvalue weighted by atomic mass is 10.2. The average Bonchev–Trinajstić information content (AvgIpc) is 2.49. The van der Waals surface area contributed by atoms with Crippen molar-refractivity contribution in [3.05, 3.63) is 0 Å². The largest absolute Gasteiger partial charge is 0.337 e. The Balaban J connectivity index is 2.00. The molecule has 0 radical (unpaired) electrons. The first kappa shape index (κ1) is 7.86. The summed E-state index contributed by atoms with van der Waals surface area (Å²) in [6.45, 7) is 8.66. The van der Waals surface area contributed by atoms with Crippen LogP contribution in [0.5, 0.6) is 0 Å². The van der Waals surface area contributed by atoms with E-state index >= 15 is 0 Å². The second kappa shape index (κ2) is 2.94. The topological polar surface area (TPSA) is 30.9 Å². The fraction of sp³-hybridized carbons (Fsp3) is 0.875. The Morgan fingerprint density at radius 3 is 3.00 bits per heavy atom. The fourth-order valence-corrected chi connectivity index (χ4v) is 1.67. The van der Waals surface area contributed by atoms with Crippen molar-refractivity contribution in [2.24, 2.45) is 5.10 Å². The van der Waals surface area contributed by atoms with Crippen LogP contribution in [0.1, 0.15) is 13.8 Å². The van der Waals surface area contributed by atoms with Gasteiger partial charge in [0.15, 0.2) is 0 Å². The minimum Gasteiger partial charge on any atom is -0.337 e. The number of hydrogen-bond acceptors (Lipinski definition) is 4. The van der Waals surface area contributed by atoms with Crippen LogP contribution in [-0.4, -0.2) is 48.0 Å². The molecule has 1 N–H and O–H groups in total. The summed E-state index contributed by atoms with van der Waals surface area (Å²) in [7, 11) is 0. The predicted molar refractivity (Wildman–Crippen MR) is 48.9 cm³/mol. The molecule has 2 heterocycles. The van der Waals surface area contributed by atoms with Gasteiger partial charge in [-0.3, -0.25) is 10.3 Å². The van der Waals surface area contributed by atoms with E-state index in [1.54, 1.807) is 0 Å². The van der Waals surface area contributed by atoms with Gasteiger partial charge in [0, 0.05) is 19.1 Å². The Labute approximate surface area is 73.2 Å². The van der Waals surface area contributed by atoms with Crippen LogP contribution in [0.4, 0.5) is 0 Å². The van der Waals surface area contributed by atoms with Crippen molar-refractivity contribution in [1.82, 2.24) is 15.2 Å². The molecule has 68 valence electrons. The minimum atomic E-state index is 0.635. The van der Waals surface area contributed by atoms with Gasteiger partial charge in [-0.1, -0.05) is 0 Å². The van der Waals surface area contributed by atoms with Gasteiger partial charge in [0.2, 0.25) is 0 Å². The predicted octanol–water partition coefficient (Wildman–Crippen LogP) is -0.113. The third-order valence-electron chi connectivity index (χ3n) is 2.57. The molecule has 12 heavy (non-hydrogen) atoms. The van der Waals surface area contributed by atoms with Crippen LogP contribution in [0, 0.1) is 0 Å². The first-order valence-electron chi connectivity index (χ1n) is 4.56. The SMILES string of the molecule is CC(C)N1CCN2CNN=C2C1. The summed E-state index contributed by atoms with van der Waals surface area (Å²) < 4.78 is 0. The Kier molecular flexibility index (Phi) is 1.92. The lowest BCUT2D eigenvalue weighted by Gasteiger charge is -2.35. The smallest absolute Gasteiger partial charge is 0.140 e. The second-order valence-electron chi connectivity index (χ2n) is 3.67. The minimum absolute atomic E-state index is 0.635. The molecule has 0 unspecified atom stereocenters. The summed E-state index contributed by atoms with van der Waals surface area (Å²) in [5, 5.41) is 4.24. The molecule has 4 nitrogen and oxygen atoms in total. The van der Waals surface area contributed by atoms with Crippen molar-refractivity contribution in [2.45, 2.75) is 19.9 Å². The number of piperazine rings is 1. The van der Waals surface area contributed by atoms with Gasteiger partial charge in [0.05, 0.1) is 6.54 Å². The van der Waals surface area contributed by atoms with E-state index in [1.165, 1.54) is 12.4 Å². The molecular weight excluding hydrogens is 152 g/mol. The van der Waals surface area contributed by atoms with E-state index in [0.29, 0.717) is 6.04 Å². The van der Waals surface area contributed by atoms with Gasteiger partial charge in [-0.25, -0.2) is 0 Å². The zero-order valence-electron chi connectivity index (χ0n) is 7.75. The number of nitrogens with one attached hydrogen (secondary N) is 1. The van der Waals surface area contributed by atoms with Gasteiger partial charge in [0.25, 0.3) is 0 Å². The van der Waals surface area contributed by atoms with E-state index in [4.69, 9.17) is 0 Å². The summed E-state index contributed by atoms with van der Waals surface area (Å²) in [4.78, 5) is 4.75. The standard InChI is InChI=1S/C8H16N4/c1-7(2)11-3-4-12-6-9-10-8(12)5-11/h7,9H,3-6H2,1-2H3. The molecule has 1 saturated heterocycles. The zero-order valence-corrected chi connectivity index (χ0v) is 7.75. The van der Waals surface area contributed by atoms with Gasteiger partial charge >= 0.3 is 0 Å². The monoisotopic (exact) mass is 168 g/mol. The number of nitrogens with zero attached hydrogens (tertiary/aromatic N) is 3. The van der Waals surface area contributed by atoms with E-state index in [0.717, 1.165) is 19.8 Å². The average molecular weight is 168 g/mol. The van der Waals surface area contributed by atoms with E-state index < -0.39 is 0 Å². The first-order valence-corrected chi connectivity index (χ1v) is 4.56. The van der Waals surface area contributed by atoms with Crippen LogP contribution in [0.2, 0.25) is 0 Å². The van der Waals surface area contributed by atoms with Crippen molar-refractivity contribution in [2.75, 3.05) is 26.3 Å². The number of amidine groups is 1. The number of hydrogen-bond donors (Lipinski definition) is 1. The van der Waals surface area contributed by atoms with Gasteiger partial charge in [0.1, 0.15) is 12.5 Å². The molecule has 2 aliphatic rings. The van der Waals surface area contributed by atoms with Crippen LogP contribution in [-0.2, 0) is 0 Å². The molecular formula is C8H16N4. The molecule has 0 bridgehead atoms. The number of rotatable bonds is 1. The zero-order chi connectivity index (χ0) is 8.55. The quantitative estimate of drug-likeness (QED) is 0.592. The Bertz CT molecular complexity index is 199. The molecule has 0 saturated carbocycles. The summed E-state index contributed by atoms with van der Waals surface area (Å²) in [6, 6.07) is 0.635. The fourth-order valence-electron chi connectivity index (χ4n) is 1.67. The molecule has 0 aliphatic carbocycles. The summed E-state index contributed by atoms with van der Waals surface area (Å²) in [6.07, 6.45) is 0. The summed E-state index contributed by atoms with van der Waals surface area (Å²) >= 11 is 0. The highest BCUT2D eigenvalue weighted by atomic mass is 15.5. The molecule has 2 aliphatic heterocycles. The maximum atomic E-state index is 4.24. The third-order valence-corrected chi connectivity index (χ3v) is 2.57. The highest BCUT2D eigenvalue weighted by Crippen LogP contribution is 2.09. The Hall–Kier alpha value is -0.770. The molecule has 2 rings (SSSR count). The first-order chi connectivity index (χ1) is 5.77. The van der Waals surface area contributed by atoms with Crippen LogP contribution in [0.3, 0.4) is 0 Å². The molecule has 0 atom stereocenters. The maximum absolute atomic E-state index is 4.24. The molecule has 0 spiro atoms. The molecule has 0 aromatic heterocycles. The Morgan fingerprint density at radius 1 is 1.42 bits per heavy atom. The molecule has 0 aromatic carbocycles. The van der Waals surface area contributed by atoms with Gasteiger partial charge in [-0.2, -0.15) is 5.10 Å². The molecule has 1 fully saturated rings. The van der Waals surface area contributed by atoms with Gasteiger partial charge < -0.3 is 4.90 Å². The van der Waals surface area contributed by atoms with E-state index in [1.807, 2.05) is 0 Å². The summed E-state index contributed by atoms with van der Waals surface area (Å²) in [5.41, 5.74) is 3.01. The van der Waals surface area contributed by atoms with E-state index in [2.05, 4.69) is 34.2 Å². The lowest BCUT2D eigenvalue weighted by Crippen LogP contribution is -2.50. The number of hydrazone groups is 1. The Morgan fingerprint density at radius 2 is 2.25 bits per heavy atom. The van der Waals surface area contributed by atoms with Crippen LogP contribution < -0.4 is 5.43 Å². The lowest BCUT2D eigenvalue weighted by molar-refractivity contribution is 0.198. The van der Waals surface area contributed by atoms with Crippen molar-refractivity contribution >= 4 is 5.84 Å². The highest BCUT2D eigenvalue weighted by molar-refractivity contribution is 5.85. The van der Waals surface area contributed by atoms with Crippen molar-refractivity contribution < 1.29 is 0 Å². The van der Waals surface area contributed by atoms with Gasteiger partial charge in [-0.15, -0.1) is 0 Å². The third kappa shape index (κ3) is 1.27. The van der Waals surface area contributed by atoms with Crippen molar-refractivity contribution in [3.8, 4) is 0 Å². The van der Waals surface area contributed by atoms with Gasteiger partial charge in [-0.05, 0) is 13.8 Å². The number of fused-ring (bicyclic) bond motifs is 1. The second-order valence-corrected chi connectivity index (χ2v) is 3.67. The molecule has 0 amide bonds. The maximum Gasteiger partial charge on any atom is 0.140 e. The summed E-state index contributed by atoms with van der Waals surface area (Å²) in [5.74, 6) is 1.20. The van der Waals surface area contributed by atoms with Crippen LogP contribution >= 0.6 is 0 Å². The van der Waals surface area contributed by atoms with Crippen molar-refractivity contribution in [1.29, 1.82) is 0 Å². The van der Waals surface area contributed by atoms with Crippen LogP contribution in [0.15, 0.2) is 5.10 Å². The van der Waals surface area contributed by atoms with Crippen LogP contribution in [0.25, 0.3) is 0 Å². The van der Waals surface area contributed by atoms with Crippen molar-refractivity contribution in [3.63, 3.8) is 0 Å². The van der Waals surface area contributed by atoms with E-state index in [-0.39, 0.29) is 0 Å². The van der Waals surface area contributed by atoms with E-state index in [9.17, 15) is 0 Å². The highest BCUT2D eigenvalue weighted by Gasteiger charge is 2.25. The normalized spacial score (nSPS) is 23.9. The molecule has 0 aromatic rings.